The van der Waals surface area contributed by atoms with Crippen molar-refractivity contribution in [1.29, 1.82) is 0 Å². The van der Waals surface area contributed by atoms with E-state index in [9.17, 15) is 9.59 Å². The fourth-order valence-corrected chi connectivity index (χ4v) is 5.77. The summed E-state index contributed by atoms with van der Waals surface area (Å²) in [5.74, 6) is -0.531. The van der Waals surface area contributed by atoms with E-state index in [0.717, 1.165) is 33.7 Å². The maximum Gasteiger partial charge on any atom is 0.262 e. The lowest BCUT2D eigenvalue weighted by Gasteiger charge is -2.23. The van der Waals surface area contributed by atoms with E-state index in [4.69, 9.17) is 16.7 Å². The van der Waals surface area contributed by atoms with Crippen LogP contribution >= 0.6 is 23.4 Å². The number of nitrogens with one attached hydrogen (secondary N) is 1. The Morgan fingerprint density at radius 2 is 1.68 bits per heavy atom. The predicted octanol–water partition coefficient (Wildman–Crippen LogP) is 6.44. The maximum atomic E-state index is 12.8. The number of rotatable bonds is 5. The molecule has 2 amide bonds. The van der Waals surface area contributed by atoms with E-state index in [0.29, 0.717) is 16.6 Å². The first kappa shape index (κ1) is 25.2. The van der Waals surface area contributed by atoms with Gasteiger partial charge in [0.25, 0.3) is 5.91 Å². The third-order valence-corrected chi connectivity index (χ3v) is 7.75. The highest BCUT2D eigenvalue weighted by atomic mass is 35.5. The Morgan fingerprint density at radius 1 is 1.00 bits per heavy atom. The first-order valence-corrected chi connectivity index (χ1v) is 13.4. The van der Waals surface area contributed by atoms with Crippen molar-refractivity contribution in [2.24, 2.45) is 10.1 Å². The van der Waals surface area contributed by atoms with Crippen molar-refractivity contribution in [1.82, 2.24) is 5.01 Å². The first-order chi connectivity index (χ1) is 17.7. The minimum atomic E-state index is -0.592. The summed E-state index contributed by atoms with van der Waals surface area (Å²) in [7, 11) is 0. The molecule has 2 atom stereocenters. The summed E-state index contributed by atoms with van der Waals surface area (Å²) in [6.45, 7) is 6.02. The smallest absolute Gasteiger partial charge is 0.262 e. The number of halogens is 1. The number of benzene rings is 3. The van der Waals surface area contributed by atoms with Gasteiger partial charge in [0, 0.05) is 23.6 Å². The van der Waals surface area contributed by atoms with Gasteiger partial charge in [-0.2, -0.15) is 10.1 Å². The molecular weight excluding hydrogens is 504 g/mol. The molecule has 0 fully saturated rings. The lowest BCUT2D eigenvalue weighted by molar-refractivity contribution is -0.121. The van der Waals surface area contributed by atoms with Crippen LogP contribution in [0.3, 0.4) is 0 Å². The average molecular weight is 531 g/mol. The number of amidine groups is 1. The summed E-state index contributed by atoms with van der Waals surface area (Å²) >= 11 is 7.43. The van der Waals surface area contributed by atoms with E-state index >= 15 is 0 Å². The van der Waals surface area contributed by atoms with Gasteiger partial charge in [0.1, 0.15) is 5.25 Å². The molecule has 37 heavy (non-hydrogen) atoms. The van der Waals surface area contributed by atoms with Gasteiger partial charge in [-0.25, -0.2) is 5.01 Å². The van der Waals surface area contributed by atoms with Crippen LogP contribution in [-0.2, 0) is 9.59 Å². The highest BCUT2D eigenvalue weighted by Crippen LogP contribution is 2.39. The third-order valence-electron chi connectivity index (χ3n) is 6.35. The topological polar surface area (TPSA) is 74.1 Å². The number of carbonyl (C=O) groups excluding carboxylic acids is 2. The van der Waals surface area contributed by atoms with E-state index in [1.165, 1.54) is 17.3 Å². The van der Waals surface area contributed by atoms with Crippen molar-refractivity contribution in [3.8, 4) is 0 Å². The zero-order valence-electron chi connectivity index (χ0n) is 20.9. The van der Waals surface area contributed by atoms with Gasteiger partial charge in [-0.05, 0) is 67.3 Å². The molecule has 2 aliphatic rings. The number of hydrogen-bond acceptors (Lipinski definition) is 5. The molecule has 8 heteroatoms. The Hall–Kier alpha value is -3.42. The third kappa shape index (κ3) is 5.78. The predicted molar refractivity (Wildman–Crippen MR) is 151 cm³/mol. The molecule has 5 rings (SSSR count). The van der Waals surface area contributed by atoms with Crippen LogP contribution in [0, 0.1) is 20.8 Å². The molecule has 0 aromatic heterocycles. The number of aliphatic imine (C=N–C) groups is 1. The van der Waals surface area contributed by atoms with Crippen LogP contribution in [0.1, 0.15) is 46.7 Å². The van der Waals surface area contributed by atoms with Crippen molar-refractivity contribution >= 4 is 51.7 Å². The van der Waals surface area contributed by atoms with E-state index in [2.05, 4.69) is 41.5 Å². The molecule has 2 heterocycles. The van der Waals surface area contributed by atoms with Crippen molar-refractivity contribution < 1.29 is 9.59 Å². The Labute approximate surface area is 225 Å². The molecule has 0 aliphatic carbocycles. The van der Waals surface area contributed by atoms with Crippen molar-refractivity contribution in [2.75, 3.05) is 5.32 Å². The zero-order valence-corrected chi connectivity index (χ0v) is 22.4. The molecule has 3 aromatic rings. The molecule has 0 saturated carbocycles. The van der Waals surface area contributed by atoms with Crippen LogP contribution in [0.4, 0.5) is 5.69 Å². The van der Waals surface area contributed by atoms with Gasteiger partial charge in [-0.3, -0.25) is 9.59 Å². The van der Waals surface area contributed by atoms with Gasteiger partial charge in [-0.15, -0.1) is 0 Å². The molecule has 188 valence electrons. The number of thioether (sulfide) groups is 1. The largest absolute Gasteiger partial charge is 0.326 e. The lowest BCUT2D eigenvalue weighted by Crippen LogP contribution is -2.25. The van der Waals surface area contributed by atoms with Crippen molar-refractivity contribution in [2.45, 2.75) is 44.9 Å². The van der Waals surface area contributed by atoms with Crippen LogP contribution in [0.25, 0.3) is 0 Å². The van der Waals surface area contributed by atoms with E-state index in [1.807, 2.05) is 61.3 Å². The number of aryl methyl sites for hydroxylation is 3. The fraction of sp³-hybridized carbons (Fsp3) is 0.241. The maximum absolute atomic E-state index is 12.8. The minimum Gasteiger partial charge on any atom is -0.326 e. The molecule has 0 radical (unpaired) electrons. The van der Waals surface area contributed by atoms with Gasteiger partial charge in [-0.1, -0.05) is 71.4 Å². The number of hydrazone groups is 1. The molecule has 2 aliphatic heterocycles. The van der Waals surface area contributed by atoms with Crippen LogP contribution in [-0.4, -0.2) is 33.0 Å². The number of hydrogen-bond donors (Lipinski definition) is 1. The number of carbonyl (C=O) groups is 2. The Kier molecular flexibility index (Phi) is 7.17. The van der Waals surface area contributed by atoms with Crippen molar-refractivity contribution in [3.63, 3.8) is 0 Å². The highest BCUT2D eigenvalue weighted by Gasteiger charge is 2.39. The molecule has 6 nitrogen and oxygen atoms in total. The van der Waals surface area contributed by atoms with Gasteiger partial charge in [0.15, 0.2) is 5.17 Å². The second-order valence-corrected chi connectivity index (χ2v) is 11.1. The molecule has 1 N–H and O–H groups in total. The fourth-order valence-electron chi connectivity index (χ4n) is 4.58. The number of anilines is 1. The molecule has 0 saturated heterocycles. The molecule has 0 bridgehead atoms. The summed E-state index contributed by atoms with van der Waals surface area (Å²) in [5, 5.41) is 10.2. The zero-order chi connectivity index (χ0) is 26.1. The average Bonchev–Trinajstić information content (AvgIpc) is 3.43. The molecule has 3 aromatic carbocycles. The van der Waals surface area contributed by atoms with Crippen LogP contribution in [0.2, 0.25) is 5.02 Å². The molecule has 0 unspecified atom stereocenters. The monoisotopic (exact) mass is 530 g/mol. The van der Waals surface area contributed by atoms with Crippen molar-refractivity contribution in [3.05, 3.63) is 99.6 Å². The van der Waals surface area contributed by atoms with E-state index < -0.39 is 5.25 Å². The van der Waals surface area contributed by atoms with Crippen LogP contribution < -0.4 is 5.32 Å². The number of nitrogens with zero attached hydrogens (tertiary/aromatic N) is 3. The Morgan fingerprint density at radius 3 is 2.35 bits per heavy atom. The summed E-state index contributed by atoms with van der Waals surface area (Å²) in [6.07, 6.45) is 0.702. The van der Waals surface area contributed by atoms with Gasteiger partial charge >= 0.3 is 0 Å². The lowest BCUT2D eigenvalue weighted by atomic mass is 9.98. The highest BCUT2D eigenvalue weighted by molar-refractivity contribution is 8.15. The van der Waals surface area contributed by atoms with E-state index in [-0.39, 0.29) is 24.3 Å². The molecule has 0 spiro atoms. The summed E-state index contributed by atoms with van der Waals surface area (Å²) < 4.78 is 0. The van der Waals surface area contributed by atoms with Gasteiger partial charge in [0.05, 0.1) is 11.8 Å². The summed E-state index contributed by atoms with van der Waals surface area (Å²) in [4.78, 5) is 29.9. The Balaban J connectivity index is 1.35. The first-order valence-electron chi connectivity index (χ1n) is 12.1. The van der Waals surface area contributed by atoms with Gasteiger partial charge < -0.3 is 5.32 Å². The second-order valence-electron chi connectivity index (χ2n) is 9.50. The summed E-state index contributed by atoms with van der Waals surface area (Å²) in [5.41, 5.74) is 7.03. The van der Waals surface area contributed by atoms with Crippen LogP contribution in [0.5, 0.6) is 0 Å². The summed E-state index contributed by atoms with van der Waals surface area (Å²) in [6, 6.07) is 21.7. The SMILES string of the molecule is Cc1ccc(C2=NN(C3=NC(=O)[C@H](CC(=O)Nc4cc(C)cc(C)c4)S3)[C@@H](c3ccc(Cl)cc3)C2)cc1. The Bertz CT molecular complexity index is 1400. The number of amides is 2. The van der Waals surface area contributed by atoms with Crippen LogP contribution in [0.15, 0.2) is 76.8 Å². The normalized spacial score (nSPS) is 19.1. The quantitative estimate of drug-likeness (QED) is 0.411. The molecular formula is C29H27ClN4O2S. The second kappa shape index (κ2) is 10.5. The van der Waals surface area contributed by atoms with Gasteiger partial charge in [0.2, 0.25) is 5.91 Å². The standard InChI is InChI=1S/C29H27ClN4O2S/c1-17-4-6-20(7-5-17)24-15-25(21-8-10-22(30)11-9-21)34(33-24)29-32-28(36)26(37-29)16-27(35)31-23-13-18(2)12-19(3)14-23/h4-14,25-26H,15-16H2,1-3H3,(H,31,35)/t25-,26+/m1/s1. The van der Waals surface area contributed by atoms with E-state index in [1.54, 1.807) is 0 Å². The minimum absolute atomic E-state index is 0.0392.